The van der Waals surface area contributed by atoms with Crippen LogP contribution in [0.15, 0.2) is 0 Å². The van der Waals surface area contributed by atoms with Crippen molar-refractivity contribution in [2.45, 2.75) is 77.7 Å². The highest BCUT2D eigenvalue weighted by atomic mass is 16.6. The molecule has 146 valence electrons. The summed E-state index contributed by atoms with van der Waals surface area (Å²) in [6, 6.07) is 0. The summed E-state index contributed by atoms with van der Waals surface area (Å²) in [6.07, 6.45) is 3.81. The third-order valence-corrected chi connectivity index (χ3v) is 3.55. The maximum Gasteiger partial charge on any atom is 0.339 e. The minimum atomic E-state index is -2.26. The van der Waals surface area contributed by atoms with Crippen LogP contribution in [0, 0.1) is 0 Å². The molecule has 0 saturated heterocycles. The molecule has 0 bridgehead atoms. The van der Waals surface area contributed by atoms with E-state index in [4.69, 9.17) is 14.2 Å². The van der Waals surface area contributed by atoms with Gasteiger partial charge in [0.15, 0.2) is 5.60 Å². The number of carbonyl (C=O) groups is 3. The molecule has 0 aromatic carbocycles. The summed E-state index contributed by atoms with van der Waals surface area (Å²) in [5, 5.41) is 10.5. The Hall–Kier alpha value is -1.63. The van der Waals surface area contributed by atoms with Crippen molar-refractivity contribution < 1.29 is 33.7 Å². The van der Waals surface area contributed by atoms with Crippen molar-refractivity contribution in [3.8, 4) is 0 Å². The fourth-order valence-electron chi connectivity index (χ4n) is 2.14. The number of aliphatic hydroxyl groups is 1. The van der Waals surface area contributed by atoms with E-state index in [9.17, 15) is 19.5 Å². The Morgan fingerprint density at radius 2 is 1.24 bits per heavy atom. The molecule has 0 fully saturated rings. The van der Waals surface area contributed by atoms with Crippen molar-refractivity contribution in [3.63, 3.8) is 0 Å². The van der Waals surface area contributed by atoms with Crippen molar-refractivity contribution in [3.05, 3.63) is 0 Å². The zero-order valence-corrected chi connectivity index (χ0v) is 15.7. The van der Waals surface area contributed by atoms with Gasteiger partial charge in [-0.25, -0.2) is 4.79 Å². The predicted octanol–water partition coefficient (Wildman–Crippen LogP) is 2.53. The second kappa shape index (κ2) is 13.6. The largest absolute Gasteiger partial charge is 0.466 e. The molecule has 0 heterocycles. The topological polar surface area (TPSA) is 99.1 Å². The fourth-order valence-corrected chi connectivity index (χ4v) is 2.14. The second-order valence-electron chi connectivity index (χ2n) is 5.96. The summed E-state index contributed by atoms with van der Waals surface area (Å²) in [5.41, 5.74) is -2.26. The van der Waals surface area contributed by atoms with E-state index in [2.05, 4.69) is 0 Å². The molecule has 1 atom stereocenters. The van der Waals surface area contributed by atoms with E-state index in [1.54, 1.807) is 6.92 Å². The lowest BCUT2D eigenvalue weighted by atomic mass is 9.95. The maximum atomic E-state index is 12.2. The standard InChI is InChI=1S/C18H32O7/c1-4-7-9-11-24-16(20)14-18(22,13-15(19)23-6-3)17(21)25-12-10-8-5-2/h22H,4-14H2,1-3H3. The molecule has 1 N–H and O–H groups in total. The van der Waals surface area contributed by atoms with Gasteiger partial charge in [-0.15, -0.1) is 0 Å². The highest BCUT2D eigenvalue weighted by Crippen LogP contribution is 2.20. The fraction of sp³-hybridized carbons (Fsp3) is 0.833. The number of carbonyl (C=O) groups excluding carboxylic acids is 3. The van der Waals surface area contributed by atoms with Crippen molar-refractivity contribution in [1.29, 1.82) is 0 Å². The van der Waals surface area contributed by atoms with Gasteiger partial charge in [0.2, 0.25) is 0 Å². The lowest BCUT2D eigenvalue weighted by Crippen LogP contribution is -2.45. The van der Waals surface area contributed by atoms with E-state index >= 15 is 0 Å². The van der Waals surface area contributed by atoms with E-state index in [1.807, 2.05) is 13.8 Å². The molecule has 0 spiro atoms. The van der Waals surface area contributed by atoms with Crippen LogP contribution in [0.25, 0.3) is 0 Å². The van der Waals surface area contributed by atoms with Gasteiger partial charge in [-0.05, 0) is 19.8 Å². The van der Waals surface area contributed by atoms with Gasteiger partial charge in [0.1, 0.15) is 0 Å². The molecular formula is C18H32O7. The first-order valence-corrected chi connectivity index (χ1v) is 9.10. The average Bonchev–Trinajstić information content (AvgIpc) is 2.55. The smallest absolute Gasteiger partial charge is 0.339 e. The van der Waals surface area contributed by atoms with Crippen molar-refractivity contribution in [1.82, 2.24) is 0 Å². The van der Waals surface area contributed by atoms with Gasteiger partial charge in [0.05, 0.1) is 32.7 Å². The molecular weight excluding hydrogens is 328 g/mol. The molecule has 25 heavy (non-hydrogen) atoms. The van der Waals surface area contributed by atoms with Crippen molar-refractivity contribution in [2.24, 2.45) is 0 Å². The Balaban J connectivity index is 4.72. The molecule has 0 saturated carbocycles. The first-order chi connectivity index (χ1) is 11.9. The Labute approximate surface area is 150 Å². The normalized spacial score (nSPS) is 13.0. The van der Waals surface area contributed by atoms with Crippen molar-refractivity contribution in [2.75, 3.05) is 19.8 Å². The third kappa shape index (κ3) is 10.8. The van der Waals surface area contributed by atoms with Gasteiger partial charge >= 0.3 is 17.9 Å². The van der Waals surface area contributed by atoms with Crippen LogP contribution >= 0.6 is 0 Å². The molecule has 1 unspecified atom stereocenters. The van der Waals surface area contributed by atoms with Crippen molar-refractivity contribution >= 4 is 17.9 Å². The van der Waals surface area contributed by atoms with Crippen LogP contribution in [0.1, 0.15) is 72.1 Å². The molecule has 0 aromatic heterocycles. The molecule has 0 aliphatic carbocycles. The zero-order valence-electron chi connectivity index (χ0n) is 15.7. The summed E-state index contributed by atoms with van der Waals surface area (Å²) in [4.78, 5) is 35.8. The van der Waals surface area contributed by atoms with E-state index < -0.39 is 36.4 Å². The van der Waals surface area contributed by atoms with Gasteiger partial charge in [-0.1, -0.05) is 39.5 Å². The monoisotopic (exact) mass is 360 g/mol. The molecule has 0 aliphatic heterocycles. The molecule has 0 radical (unpaired) electrons. The number of esters is 3. The molecule has 0 amide bonds. The highest BCUT2D eigenvalue weighted by Gasteiger charge is 2.43. The first kappa shape index (κ1) is 23.4. The number of hydrogen-bond donors (Lipinski definition) is 1. The molecule has 7 nitrogen and oxygen atoms in total. The number of unbranched alkanes of at least 4 members (excludes halogenated alkanes) is 4. The van der Waals surface area contributed by atoms with E-state index in [0.29, 0.717) is 12.8 Å². The van der Waals surface area contributed by atoms with Crippen LogP contribution in [0.3, 0.4) is 0 Å². The van der Waals surface area contributed by atoms with E-state index in [1.165, 1.54) is 0 Å². The van der Waals surface area contributed by atoms with Gasteiger partial charge in [-0.2, -0.15) is 0 Å². The van der Waals surface area contributed by atoms with Crippen LogP contribution in [0.5, 0.6) is 0 Å². The Morgan fingerprint density at radius 1 is 0.760 bits per heavy atom. The van der Waals surface area contributed by atoms with Crippen LogP contribution in [-0.2, 0) is 28.6 Å². The number of rotatable bonds is 14. The second-order valence-corrected chi connectivity index (χ2v) is 5.96. The van der Waals surface area contributed by atoms with Gasteiger partial charge in [0, 0.05) is 0 Å². The molecule has 0 aliphatic rings. The SMILES string of the molecule is CCCCCOC(=O)CC(O)(CC(=O)OCC)C(=O)OCCCCC. The van der Waals surface area contributed by atoms with Crippen LogP contribution < -0.4 is 0 Å². The average molecular weight is 360 g/mol. The molecule has 0 rings (SSSR count). The number of ether oxygens (including phenoxy) is 3. The Kier molecular flexibility index (Phi) is 12.7. The quantitative estimate of drug-likeness (QED) is 0.289. The Morgan fingerprint density at radius 3 is 1.72 bits per heavy atom. The number of hydrogen-bond acceptors (Lipinski definition) is 7. The summed E-state index contributed by atoms with van der Waals surface area (Å²) in [7, 11) is 0. The van der Waals surface area contributed by atoms with Crippen LogP contribution in [-0.4, -0.2) is 48.4 Å². The first-order valence-electron chi connectivity index (χ1n) is 9.10. The lowest BCUT2D eigenvalue weighted by molar-refractivity contribution is -0.177. The minimum Gasteiger partial charge on any atom is -0.466 e. The summed E-state index contributed by atoms with van der Waals surface area (Å²) in [5.74, 6) is -2.51. The van der Waals surface area contributed by atoms with E-state index in [-0.39, 0.29) is 19.8 Å². The molecule has 7 heteroatoms. The Bertz CT molecular complexity index is 408. The van der Waals surface area contributed by atoms with Gasteiger partial charge in [-0.3, -0.25) is 9.59 Å². The van der Waals surface area contributed by atoms with Gasteiger partial charge < -0.3 is 19.3 Å². The van der Waals surface area contributed by atoms with Crippen LogP contribution in [0.4, 0.5) is 0 Å². The minimum absolute atomic E-state index is 0.113. The summed E-state index contributed by atoms with van der Waals surface area (Å²) < 4.78 is 14.8. The zero-order chi connectivity index (χ0) is 19.1. The predicted molar refractivity (Wildman–Crippen MR) is 91.8 cm³/mol. The van der Waals surface area contributed by atoms with E-state index in [0.717, 1.165) is 25.7 Å². The van der Waals surface area contributed by atoms with Gasteiger partial charge in [0.25, 0.3) is 0 Å². The van der Waals surface area contributed by atoms with Crippen LogP contribution in [0.2, 0.25) is 0 Å². The highest BCUT2D eigenvalue weighted by molar-refractivity contribution is 5.90. The third-order valence-electron chi connectivity index (χ3n) is 3.55. The summed E-state index contributed by atoms with van der Waals surface area (Å²) >= 11 is 0. The molecule has 0 aromatic rings. The summed E-state index contributed by atoms with van der Waals surface area (Å²) in [6.45, 7) is 6.10. The maximum absolute atomic E-state index is 12.2. The lowest BCUT2D eigenvalue weighted by Gasteiger charge is -2.24.